The van der Waals surface area contributed by atoms with E-state index in [1.807, 2.05) is 21.1 Å². The smallest absolute Gasteiger partial charge is 0.391 e. The molecule has 0 heterocycles. The van der Waals surface area contributed by atoms with Crippen LogP contribution in [0.3, 0.4) is 0 Å². The van der Waals surface area contributed by atoms with Gasteiger partial charge >= 0.3 is 7.82 Å². The largest absolute Gasteiger partial charge is 0.472 e. The van der Waals surface area contributed by atoms with Gasteiger partial charge in [-0.3, -0.25) is 13.8 Å². The summed E-state index contributed by atoms with van der Waals surface area (Å²) in [5, 5.41) is 13.9. The third kappa shape index (κ3) is 42.1. The average molecular weight is 822 g/mol. The molecule has 0 aromatic heterocycles. The van der Waals surface area contributed by atoms with Gasteiger partial charge in [0.05, 0.1) is 39.9 Å². The zero-order chi connectivity index (χ0) is 42.1. The van der Waals surface area contributed by atoms with Crippen molar-refractivity contribution >= 4 is 13.7 Å². The first-order chi connectivity index (χ1) is 27.5. The highest BCUT2D eigenvalue weighted by atomic mass is 31.2. The Balaban J connectivity index is 4.31. The zero-order valence-corrected chi connectivity index (χ0v) is 38.5. The van der Waals surface area contributed by atoms with E-state index in [9.17, 15) is 19.4 Å². The van der Waals surface area contributed by atoms with Crippen LogP contribution in [0.1, 0.15) is 187 Å². The Morgan fingerprint density at radius 2 is 1.05 bits per heavy atom. The number of phosphoric acid groups is 1. The van der Waals surface area contributed by atoms with E-state index in [0.29, 0.717) is 23.9 Å². The van der Waals surface area contributed by atoms with Gasteiger partial charge in [0.1, 0.15) is 13.2 Å². The lowest BCUT2D eigenvalue weighted by molar-refractivity contribution is -0.870. The van der Waals surface area contributed by atoms with Crippen LogP contribution in [0.5, 0.6) is 0 Å². The number of allylic oxidation sites excluding steroid dienone is 10. The number of amides is 1. The van der Waals surface area contributed by atoms with Gasteiger partial charge in [-0.1, -0.05) is 184 Å². The topological polar surface area (TPSA) is 105 Å². The van der Waals surface area contributed by atoms with Gasteiger partial charge in [-0.05, 0) is 57.8 Å². The summed E-state index contributed by atoms with van der Waals surface area (Å²) in [7, 11) is 1.60. The Hall–Kier alpha value is -1.80. The molecule has 0 aliphatic heterocycles. The number of rotatable bonds is 41. The number of hydrogen-bond donors (Lipinski definition) is 3. The summed E-state index contributed by atoms with van der Waals surface area (Å²) < 4.78 is 23.6. The Bertz CT molecular complexity index is 1110. The Morgan fingerprint density at radius 3 is 1.54 bits per heavy atom. The van der Waals surface area contributed by atoms with E-state index in [4.69, 9.17) is 9.05 Å². The molecule has 9 heteroatoms. The van der Waals surface area contributed by atoms with Crippen molar-refractivity contribution in [2.24, 2.45) is 0 Å². The second-order valence-electron chi connectivity index (χ2n) is 16.8. The first kappa shape index (κ1) is 55.2. The number of carbonyl (C=O) groups is 1. The molecule has 0 aromatic carbocycles. The summed E-state index contributed by atoms with van der Waals surface area (Å²) in [6.07, 6.45) is 51.0. The standard InChI is InChI=1S/C48H89N2O6P/c1-6-8-10-12-14-16-18-20-21-22-23-24-25-26-27-28-29-30-32-34-36-38-40-42-48(52)49-46(45-56-57(53,54)55-44-43-50(3,4)5)47(51)41-39-37-35-33-31-19-17-15-13-11-9-7-2/h8,10,14,16,20-21,23-24,26-27,46-47,51H,6-7,9,11-13,15,17-19,22,25,28-45H2,1-5H3,(H-,49,52,53,54)/p+1/b10-8-,16-14-,21-20-,24-23-,27-26-. The van der Waals surface area contributed by atoms with Crippen molar-refractivity contribution in [3.05, 3.63) is 60.8 Å². The molecular weight excluding hydrogens is 732 g/mol. The summed E-state index contributed by atoms with van der Waals surface area (Å²) in [6.45, 7) is 4.75. The SMILES string of the molecule is CC/C=C\C/C=C\C/C=C\C/C=C\C/C=C\CCCCCCCCCC(=O)NC(COP(=O)(O)OCC[N+](C)(C)C)C(O)CCCCCCCCCCCCCC. The van der Waals surface area contributed by atoms with Crippen molar-refractivity contribution in [3.63, 3.8) is 0 Å². The van der Waals surface area contributed by atoms with Crippen LogP contribution in [-0.4, -0.2) is 73.4 Å². The number of aliphatic hydroxyl groups excluding tert-OH is 1. The van der Waals surface area contributed by atoms with E-state index in [2.05, 4.69) is 79.9 Å². The van der Waals surface area contributed by atoms with Crippen molar-refractivity contribution < 1.29 is 32.9 Å². The van der Waals surface area contributed by atoms with Crippen molar-refractivity contribution in [2.75, 3.05) is 40.9 Å². The number of carbonyl (C=O) groups excluding carboxylic acids is 1. The normalized spacial score (nSPS) is 14.9. The first-order valence-corrected chi connectivity index (χ1v) is 24.6. The zero-order valence-electron chi connectivity index (χ0n) is 37.6. The van der Waals surface area contributed by atoms with Gasteiger partial charge in [0.2, 0.25) is 5.91 Å². The van der Waals surface area contributed by atoms with E-state index in [1.165, 1.54) is 83.5 Å². The van der Waals surface area contributed by atoms with E-state index in [-0.39, 0.29) is 19.1 Å². The molecule has 0 saturated carbocycles. The number of nitrogens with zero attached hydrogens (tertiary/aromatic N) is 1. The monoisotopic (exact) mass is 822 g/mol. The van der Waals surface area contributed by atoms with Crippen LogP contribution in [-0.2, 0) is 18.4 Å². The fourth-order valence-electron chi connectivity index (χ4n) is 6.37. The second-order valence-corrected chi connectivity index (χ2v) is 18.2. The molecule has 0 aliphatic carbocycles. The van der Waals surface area contributed by atoms with Gasteiger partial charge < -0.3 is 19.8 Å². The van der Waals surface area contributed by atoms with E-state index in [0.717, 1.165) is 77.0 Å². The third-order valence-electron chi connectivity index (χ3n) is 10.0. The van der Waals surface area contributed by atoms with Crippen LogP contribution in [0.2, 0.25) is 0 Å². The van der Waals surface area contributed by atoms with Gasteiger partial charge in [0.25, 0.3) is 0 Å². The molecule has 8 nitrogen and oxygen atoms in total. The molecule has 3 N–H and O–H groups in total. The van der Waals surface area contributed by atoms with Crippen LogP contribution < -0.4 is 5.32 Å². The Kier molecular flexibility index (Phi) is 38.4. The van der Waals surface area contributed by atoms with Gasteiger partial charge in [0.15, 0.2) is 0 Å². The molecule has 0 spiro atoms. The molecule has 3 atom stereocenters. The molecule has 0 fully saturated rings. The number of quaternary nitrogens is 1. The Labute approximate surface area is 351 Å². The average Bonchev–Trinajstić information content (AvgIpc) is 3.16. The van der Waals surface area contributed by atoms with Gasteiger partial charge in [-0.2, -0.15) is 0 Å². The molecule has 0 aromatic rings. The number of likely N-dealkylation sites (N-methyl/N-ethyl adjacent to an activating group) is 1. The van der Waals surface area contributed by atoms with Crippen molar-refractivity contribution in [3.8, 4) is 0 Å². The van der Waals surface area contributed by atoms with Gasteiger partial charge in [0, 0.05) is 6.42 Å². The highest BCUT2D eigenvalue weighted by Crippen LogP contribution is 2.43. The second kappa shape index (κ2) is 39.6. The van der Waals surface area contributed by atoms with Gasteiger partial charge in [-0.25, -0.2) is 4.57 Å². The summed E-state index contributed by atoms with van der Waals surface area (Å²) in [6, 6.07) is -0.768. The highest BCUT2D eigenvalue weighted by Gasteiger charge is 2.28. The number of phosphoric ester groups is 1. The minimum absolute atomic E-state index is 0.0695. The molecule has 0 aliphatic rings. The third-order valence-corrected chi connectivity index (χ3v) is 11.0. The van der Waals surface area contributed by atoms with Crippen LogP contribution >= 0.6 is 7.82 Å². The maximum absolute atomic E-state index is 12.9. The predicted octanol–water partition coefficient (Wildman–Crippen LogP) is 13.0. The van der Waals surface area contributed by atoms with E-state index >= 15 is 0 Å². The minimum atomic E-state index is -4.32. The molecule has 0 bridgehead atoms. The van der Waals surface area contributed by atoms with Gasteiger partial charge in [-0.15, -0.1) is 0 Å². The number of hydrogen-bond acceptors (Lipinski definition) is 5. The number of nitrogens with one attached hydrogen (secondary N) is 1. The van der Waals surface area contributed by atoms with Crippen molar-refractivity contribution in [1.29, 1.82) is 0 Å². The summed E-state index contributed by atoms with van der Waals surface area (Å²) in [4.78, 5) is 23.2. The first-order valence-electron chi connectivity index (χ1n) is 23.2. The molecule has 0 radical (unpaired) electrons. The summed E-state index contributed by atoms with van der Waals surface area (Å²) >= 11 is 0. The summed E-state index contributed by atoms with van der Waals surface area (Å²) in [5.41, 5.74) is 0. The fraction of sp³-hybridized carbons (Fsp3) is 0.771. The van der Waals surface area contributed by atoms with E-state index in [1.54, 1.807) is 0 Å². The number of unbranched alkanes of at least 4 members (excludes halogenated alkanes) is 18. The summed E-state index contributed by atoms with van der Waals surface area (Å²) in [5.74, 6) is -0.159. The van der Waals surface area contributed by atoms with E-state index < -0.39 is 20.0 Å². The minimum Gasteiger partial charge on any atom is -0.391 e. The quantitative estimate of drug-likeness (QED) is 0.0245. The van der Waals surface area contributed by atoms with Crippen molar-refractivity contribution in [2.45, 2.75) is 199 Å². The maximum atomic E-state index is 12.9. The molecule has 332 valence electrons. The molecular formula is C48H90N2O6P+. The Morgan fingerprint density at radius 1 is 0.614 bits per heavy atom. The molecule has 3 unspecified atom stereocenters. The molecule has 0 saturated heterocycles. The molecule has 1 amide bonds. The van der Waals surface area contributed by atoms with Crippen LogP contribution in [0, 0.1) is 0 Å². The lowest BCUT2D eigenvalue weighted by Crippen LogP contribution is -2.46. The lowest BCUT2D eigenvalue weighted by atomic mass is 10.0. The lowest BCUT2D eigenvalue weighted by Gasteiger charge is -2.26. The van der Waals surface area contributed by atoms with Crippen LogP contribution in [0.25, 0.3) is 0 Å². The molecule has 57 heavy (non-hydrogen) atoms. The highest BCUT2D eigenvalue weighted by molar-refractivity contribution is 7.47. The fourth-order valence-corrected chi connectivity index (χ4v) is 7.10. The van der Waals surface area contributed by atoms with Crippen molar-refractivity contribution in [1.82, 2.24) is 5.32 Å². The number of aliphatic hydroxyl groups is 1. The molecule has 0 rings (SSSR count). The maximum Gasteiger partial charge on any atom is 0.472 e. The van der Waals surface area contributed by atoms with Crippen LogP contribution in [0.4, 0.5) is 0 Å². The predicted molar refractivity (Wildman–Crippen MR) is 244 cm³/mol. The van der Waals surface area contributed by atoms with Crippen LogP contribution in [0.15, 0.2) is 60.8 Å².